The first-order valence-corrected chi connectivity index (χ1v) is 12.9. The molecule has 1 saturated heterocycles. The predicted molar refractivity (Wildman–Crippen MR) is 146 cm³/mol. The number of carbonyl (C=O) groups excluding carboxylic acids is 1. The van der Waals surface area contributed by atoms with E-state index in [1.807, 2.05) is 41.3 Å². The monoisotopic (exact) mass is 511 g/mol. The lowest BCUT2D eigenvalue weighted by Crippen LogP contribution is -2.51. The molecule has 4 aromatic rings. The maximum atomic E-state index is 13.6. The van der Waals surface area contributed by atoms with Gasteiger partial charge in [0, 0.05) is 26.2 Å². The van der Waals surface area contributed by atoms with Crippen molar-refractivity contribution in [1.82, 2.24) is 15.1 Å². The molecule has 4 aromatic carbocycles. The van der Waals surface area contributed by atoms with E-state index in [0.717, 1.165) is 22.3 Å². The molecule has 194 valence electrons. The van der Waals surface area contributed by atoms with Crippen LogP contribution in [0.25, 0.3) is 0 Å². The number of hydrogen-bond acceptors (Lipinski definition) is 3. The molecule has 0 bridgehead atoms. The summed E-state index contributed by atoms with van der Waals surface area (Å²) in [5.41, 5.74) is 4.09. The Labute approximate surface area is 222 Å². The fraction of sp³-hybridized carbons (Fsp3) is 0.219. The molecule has 5 rings (SSSR count). The highest BCUT2D eigenvalue weighted by atomic mass is 19.1. The van der Waals surface area contributed by atoms with E-state index >= 15 is 0 Å². The lowest BCUT2D eigenvalue weighted by Gasteiger charge is -2.40. The zero-order chi connectivity index (χ0) is 26.3. The summed E-state index contributed by atoms with van der Waals surface area (Å²) in [6.07, 6.45) is 0. The Bertz CT molecular complexity index is 1220. The second-order valence-electron chi connectivity index (χ2n) is 9.56. The maximum Gasteiger partial charge on any atom is 0.236 e. The summed E-state index contributed by atoms with van der Waals surface area (Å²) in [4.78, 5) is 17.4. The molecule has 6 heteroatoms. The van der Waals surface area contributed by atoms with Gasteiger partial charge in [-0.05, 0) is 46.5 Å². The molecule has 0 spiro atoms. The molecular weight excluding hydrogens is 480 g/mol. The lowest BCUT2D eigenvalue weighted by molar-refractivity contribution is -0.132. The van der Waals surface area contributed by atoms with Gasteiger partial charge in [0.2, 0.25) is 5.91 Å². The van der Waals surface area contributed by atoms with Gasteiger partial charge in [-0.1, -0.05) is 84.9 Å². The lowest BCUT2D eigenvalue weighted by atomic mass is 9.96. The van der Waals surface area contributed by atoms with Crippen LogP contribution in [0.4, 0.5) is 8.78 Å². The van der Waals surface area contributed by atoms with Crippen LogP contribution in [-0.2, 0) is 4.79 Å². The summed E-state index contributed by atoms with van der Waals surface area (Å²) in [5, 5.41) is 3.47. The molecule has 1 fully saturated rings. The first kappa shape index (κ1) is 25.8. The van der Waals surface area contributed by atoms with Crippen molar-refractivity contribution >= 4 is 5.91 Å². The third kappa shape index (κ3) is 6.15. The molecule has 1 heterocycles. The van der Waals surface area contributed by atoms with Crippen LogP contribution in [-0.4, -0.2) is 48.4 Å². The van der Waals surface area contributed by atoms with Crippen LogP contribution >= 0.6 is 0 Å². The van der Waals surface area contributed by atoms with Crippen LogP contribution in [0, 0.1) is 11.6 Å². The Kier molecular flexibility index (Phi) is 8.22. The highest BCUT2D eigenvalue weighted by Gasteiger charge is 2.28. The molecule has 1 aliphatic heterocycles. The van der Waals surface area contributed by atoms with Gasteiger partial charge in [0.25, 0.3) is 0 Å². The first-order chi connectivity index (χ1) is 18.6. The molecule has 1 N–H and O–H groups in total. The molecule has 38 heavy (non-hydrogen) atoms. The summed E-state index contributed by atoms with van der Waals surface area (Å²) >= 11 is 0. The van der Waals surface area contributed by atoms with Gasteiger partial charge in [-0.3, -0.25) is 15.0 Å². The second-order valence-corrected chi connectivity index (χ2v) is 9.56. The zero-order valence-corrected chi connectivity index (χ0v) is 21.1. The largest absolute Gasteiger partial charge is 0.339 e. The average molecular weight is 512 g/mol. The fourth-order valence-electron chi connectivity index (χ4n) is 5.15. The van der Waals surface area contributed by atoms with Crippen molar-refractivity contribution in [1.29, 1.82) is 0 Å². The number of rotatable bonds is 8. The first-order valence-electron chi connectivity index (χ1n) is 12.9. The maximum absolute atomic E-state index is 13.6. The number of amides is 1. The predicted octanol–water partition coefficient (Wildman–Crippen LogP) is 5.58. The standard InChI is InChI=1S/C32H31F2N3O/c33-28-15-11-26(12-16-28)32(27-13-17-29(34)18-14-27)37-21-19-36(20-22-37)30(38)23-35-31(24-7-3-1-4-8-24)25-9-5-2-6-10-25/h1-18,31-32,35H,19-23H2. The normalized spacial score (nSPS) is 14.3. The van der Waals surface area contributed by atoms with E-state index in [1.165, 1.54) is 24.3 Å². The number of nitrogens with one attached hydrogen (secondary N) is 1. The highest BCUT2D eigenvalue weighted by Crippen LogP contribution is 2.30. The van der Waals surface area contributed by atoms with E-state index in [4.69, 9.17) is 0 Å². The Balaban J connectivity index is 1.25. The van der Waals surface area contributed by atoms with Crippen molar-refractivity contribution in [2.24, 2.45) is 0 Å². The summed E-state index contributed by atoms with van der Waals surface area (Å²) in [7, 11) is 0. The van der Waals surface area contributed by atoms with Crippen molar-refractivity contribution in [2.75, 3.05) is 32.7 Å². The summed E-state index contributed by atoms with van der Waals surface area (Å²) < 4.78 is 27.2. The molecule has 0 aromatic heterocycles. The van der Waals surface area contributed by atoms with Gasteiger partial charge in [-0.2, -0.15) is 0 Å². The fourth-order valence-corrected chi connectivity index (χ4v) is 5.15. The van der Waals surface area contributed by atoms with Crippen molar-refractivity contribution in [3.8, 4) is 0 Å². The van der Waals surface area contributed by atoms with Crippen LogP contribution in [0.1, 0.15) is 34.3 Å². The Morgan fingerprint density at radius 3 is 1.53 bits per heavy atom. The van der Waals surface area contributed by atoms with Crippen molar-refractivity contribution in [3.63, 3.8) is 0 Å². The van der Waals surface area contributed by atoms with E-state index in [0.29, 0.717) is 26.2 Å². The van der Waals surface area contributed by atoms with Crippen molar-refractivity contribution in [2.45, 2.75) is 12.1 Å². The van der Waals surface area contributed by atoms with E-state index in [1.54, 1.807) is 24.3 Å². The number of halogens is 2. The third-order valence-electron chi connectivity index (χ3n) is 7.13. The Morgan fingerprint density at radius 2 is 1.08 bits per heavy atom. The molecule has 0 aliphatic carbocycles. The van der Waals surface area contributed by atoms with E-state index < -0.39 is 0 Å². The summed E-state index contributed by atoms with van der Waals surface area (Å²) in [5.74, 6) is -0.528. The van der Waals surface area contributed by atoms with Gasteiger partial charge in [0.15, 0.2) is 0 Å². The summed E-state index contributed by atoms with van der Waals surface area (Å²) in [6.45, 7) is 2.72. The molecule has 0 atom stereocenters. The Morgan fingerprint density at radius 1 is 0.632 bits per heavy atom. The molecule has 1 aliphatic rings. The minimum atomic E-state index is -0.293. The third-order valence-corrected chi connectivity index (χ3v) is 7.13. The van der Waals surface area contributed by atoms with Crippen LogP contribution in [0.2, 0.25) is 0 Å². The topological polar surface area (TPSA) is 35.6 Å². The molecule has 0 saturated carbocycles. The van der Waals surface area contributed by atoms with Gasteiger partial charge < -0.3 is 4.90 Å². The van der Waals surface area contributed by atoms with Crippen LogP contribution in [0.3, 0.4) is 0 Å². The smallest absolute Gasteiger partial charge is 0.236 e. The van der Waals surface area contributed by atoms with Crippen molar-refractivity contribution < 1.29 is 13.6 Å². The summed E-state index contributed by atoms with van der Waals surface area (Å²) in [6, 6.07) is 33.0. The number of carbonyl (C=O) groups is 1. The SMILES string of the molecule is O=C(CNC(c1ccccc1)c1ccccc1)N1CCN(C(c2ccc(F)cc2)c2ccc(F)cc2)CC1. The number of hydrogen-bond donors (Lipinski definition) is 1. The number of piperazine rings is 1. The van der Waals surface area contributed by atoms with E-state index in [-0.39, 0.29) is 36.2 Å². The van der Waals surface area contributed by atoms with Gasteiger partial charge in [0.05, 0.1) is 18.6 Å². The molecular formula is C32H31F2N3O. The Hall–Kier alpha value is -3.87. The van der Waals surface area contributed by atoms with Crippen LogP contribution < -0.4 is 5.32 Å². The highest BCUT2D eigenvalue weighted by molar-refractivity contribution is 5.78. The van der Waals surface area contributed by atoms with Gasteiger partial charge >= 0.3 is 0 Å². The molecule has 1 amide bonds. The van der Waals surface area contributed by atoms with Gasteiger partial charge in [-0.25, -0.2) is 8.78 Å². The molecule has 0 radical (unpaired) electrons. The second kappa shape index (κ2) is 12.1. The minimum Gasteiger partial charge on any atom is -0.339 e. The van der Waals surface area contributed by atoms with Gasteiger partial charge in [0.1, 0.15) is 11.6 Å². The average Bonchev–Trinajstić information content (AvgIpc) is 2.97. The zero-order valence-electron chi connectivity index (χ0n) is 21.1. The minimum absolute atomic E-state index is 0.0571. The van der Waals surface area contributed by atoms with Crippen molar-refractivity contribution in [3.05, 3.63) is 143 Å². The molecule has 0 unspecified atom stereocenters. The van der Waals surface area contributed by atoms with E-state index in [9.17, 15) is 13.6 Å². The number of nitrogens with zero attached hydrogens (tertiary/aromatic N) is 2. The molecule has 4 nitrogen and oxygen atoms in total. The number of benzene rings is 4. The quantitative estimate of drug-likeness (QED) is 0.336. The van der Waals surface area contributed by atoms with E-state index in [2.05, 4.69) is 34.5 Å². The van der Waals surface area contributed by atoms with Crippen LogP contribution in [0.15, 0.2) is 109 Å². The van der Waals surface area contributed by atoms with Gasteiger partial charge in [-0.15, -0.1) is 0 Å². The van der Waals surface area contributed by atoms with Crippen LogP contribution in [0.5, 0.6) is 0 Å².